The van der Waals surface area contributed by atoms with Crippen molar-refractivity contribution in [1.29, 1.82) is 0 Å². The number of urea groups is 1. The van der Waals surface area contributed by atoms with Crippen LogP contribution in [0, 0.1) is 0 Å². The number of carbonyl (C=O) groups is 1. The summed E-state index contributed by atoms with van der Waals surface area (Å²) >= 11 is 1.16. The molecule has 0 saturated carbocycles. The lowest BCUT2D eigenvalue weighted by molar-refractivity contribution is 0.226. The van der Waals surface area contributed by atoms with E-state index in [1.807, 2.05) is 61.5 Å². The molecule has 3 N–H and O–H groups in total. The van der Waals surface area contributed by atoms with Crippen molar-refractivity contribution < 1.29 is 9.53 Å². The van der Waals surface area contributed by atoms with Crippen molar-refractivity contribution in [1.82, 2.24) is 4.72 Å². The van der Waals surface area contributed by atoms with E-state index >= 15 is 0 Å². The number of amides is 2. The largest absolute Gasteiger partial charge is 0.486 e. The fourth-order valence-electron chi connectivity index (χ4n) is 1.72. The van der Waals surface area contributed by atoms with Crippen LogP contribution in [0.25, 0.3) is 0 Å². The fourth-order valence-corrected chi connectivity index (χ4v) is 2.26. The Kier molecular flexibility index (Phi) is 4.90. The summed E-state index contributed by atoms with van der Waals surface area (Å²) in [6.45, 7) is 2.00. The Labute approximate surface area is 122 Å². The molecule has 2 aromatic rings. The molecule has 0 fully saturated rings. The third-order valence-electron chi connectivity index (χ3n) is 2.66. The molecular weight excluding hydrogens is 272 g/mol. The standard InChI is InChI=1S/C15H16N2O2S/c1-11(12-6-3-2-4-7-12)19-13-8-5-9-14(10-13)20-17-15(16)18/h2-11H,1H3,(H3,16,17,18)/t11-/m0/s1. The topological polar surface area (TPSA) is 64.3 Å². The maximum Gasteiger partial charge on any atom is 0.322 e. The summed E-state index contributed by atoms with van der Waals surface area (Å²) < 4.78 is 8.36. The second-order valence-corrected chi connectivity index (χ2v) is 5.09. The molecule has 0 aliphatic carbocycles. The maximum absolute atomic E-state index is 10.7. The van der Waals surface area contributed by atoms with Gasteiger partial charge in [-0.05, 0) is 42.6 Å². The average Bonchev–Trinajstić information content (AvgIpc) is 2.46. The lowest BCUT2D eigenvalue weighted by atomic mass is 10.1. The van der Waals surface area contributed by atoms with Crippen LogP contribution in [0.1, 0.15) is 18.6 Å². The second kappa shape index (κ2) is 6.86. The molecule has 0 aliphatic rings. The van der Waals surface area contributed by atoms with E-state index in [-0.39, 0.29) is 6.10 Å². The molecule has 0 saturated heterocycles. The van der Waals surface area contributed by atoms with E-state index in [9.17, 15) is 4.79 Å². The predicted molar refractivity (Wildman–Crippen MR) is 80.5 cm³/mol. The highest BCUT2D eigenvalue weighted by molar-refractivity contribution is 7.98. The summed E-state index contributed by atoms with van der Waals surface area (Å²) in [5.74, 6) is 0.748. The Hall–Kier alpha value is -2.14. The number of nitrogens with one attached hydrogen (secondary N) is 1. The Morgan fingerprint density at radius 2 is 1.95 bits per heavy atom. The molecule has 1 atom stereocenters. The molecule has 104 valence electrons. The Bertz CT molecular complexity index is 575. The van der Waals surface area contributed by atoms with Gasteiger partial charge in [0, 0.05) is 4.90 Å². The average molecular weight is 288 g/mol. The minimum Gasteiger partial charge on any atom is -0.486 e. The predicted octanol–water partition coefficient (Wildman–Crippen LogP) is 3.50. The Morgan fingerprint density at radius 3 is 2.65 bits per heavy atom. The van der Waals surface area contributed by atoms with E-state index in [0.29, 0.717) is 0 Å². The monoisotopic (exact) mass is 288 g/mol. The van der Waals surface area contributed by atoms with Gasteiger partial charge in [-0.1, -0.05) is 36.4 Å². The van der Waals surface area contributed by atoms with Gasteiger partial charge < -0.3 is 10.5 Å². The first kappa shape index (κ1) is 14.3. The van der Waals surface area contributed by atoms with Crippen molar-refractivity contribution >= 4 is 18.0 Å². The van der Waals surface area contributed by atoms with Crippen LogP contribution in [0.3, 0.4) is 0 Å². The van der Waals surface area contributed by atoms with E-state index in [4.69, 9.17) is 10.5 Å². The summed E-state index contributed by atoms with van der Waals surface area (Å²) in [6, 6.07) is 16.9. The van der Waals surface area contributed by atoms with Gasteiger partial charge in [0.2, 0.25) is 0 Å². The zero-order valence-electron chi connectivity index (χ0n) is 11.1. The molecule has 20 heavy (non-hydrogen) atoms. The summed E-state index contributed by atoms with van der Waals surface area (Å²) in [4.78, 5) is 11.5. The van der Waals surface area contributed by atoms with Crippen LogP contribution in [0.2, 0.25) is 0 Å². The molecule has 2 aromatic carbocycles. The van der Waals surface area contributed by atoms with Crippen LogP contribution in [-0.4, -0.2) is 6.03 Å². The van der Waals surface area contributed by atoms with Gasteiger partial charge in [0.1, 0.15) is 11.9 Å². The van der Waals surface area contributed by atoms with Crippen LogP contribution < -0.4 is 15.2 Å². The number of rotatable bonds is 5. The molecule has 4 nitrogen and oxygen atoms in total. The first-order valence-electron chi connectivity index (χ1n) is 6.19. The molecule has 2 rings (SSSR count). The minimum absolute atomic E-state index is 0.0412. The smallest absolute Gasteiger partial charge is 0.322 e. The van der Waals surface area contributed by atoms with Gasteiger partial charge in [-0.15, -0.1) is 0 Å². The van der Waals surface area contributed by atoms with Crippen molar-refractivity contribution in [2.75, 3.05) is 0 Å². The number of hydrogen-bond acceptors (Lipinski definition) is 3. The van der Waals surface area contributed by atoms with Gasteiger partial charge in [0.05, 0.1) is 0 Å². The fraction of sp³-hybridized carbons (Fsp3) is 0.133. The van der Waals surface area contributed by atoms with Gasteiger partial charge in [-0.3, -0.25) is 4.72 Å². The summed E-state index contributed by atoms with van der Waals surface area (Å²) in [7, 11) is 0. The summed E-state index contributed by atoms with van der Waals surface area (Å²) in [5.41, 5.74) is 6.14. The van der Waals surface area contributed by atoms with E-state index in [1.165, 1.54) is 0 Å². The van der Waals surface area contributed by atoms with Crippen LogP contribution >= 0.6 is 11.9 Å². The van der Waals surface area contributed by atoms with Crippen LogP contribution in [0.4, 0.5) is 4.79 Å². The number of ether oxygens (including phenoxy) is 1. The van der Waals surface area contributed by atoms with Gasteiger partial charge in [0.25, 0.3) is 0 Å². The van der Waals surface area contributed by atoms with Gasteiger partial charge in [0.15, 0.2) is 0 Å². The zero-order chi connectivity index (χ0) is 14.4. The molecule has 0 unspecified atom stereocenters. The van der Waals surface area contributed by atoms with Crippen molar-refractivity contribution in [3.63, 3.8) is 0 Å². The highest BCUT2D eigenvalue weighted by Crippen LogP contribution is 2.25. The van der Waals surface area contributed by atoms with E-state index in [2.05, 4.69) is 4.72 Å². The molecule has 2 amide bonds. The Morgan fingerprint density at radius 1 is 1.20 bits per heavy atom. The second-order valence-electron chi connectivity index (χ2n) is 4.21. The molecule has 0 heterocycles. The van der Waals surface area contributed by atoms with Gasteiger partial charge in [-0.25, -0.2) is 4.79 Å². The molecule has 0 bridgehead atoms. The van der Waals surface area contributed by atoms with E-state index in [0.717, 1.165) is 28.2 Å². The third kappa shape index (κ3) is 4.20. The third-order valence-corrected chi connectivity index (χ3v) is 3.45. The summed E-state index contributed by atoms with van der Waals surface area (Å²) in [6.07, 6.45) is -0.0412. The molecule has 0 aliphatic heterocycles. The summed E-state index contributed by atoms with van der Waals surface area (Å²) in [5, 5.41) is 0. The molecule has 5 heteroatoms. The SMILES string of the molecule is C[C@H](Oc1cccc(SNC(N)=O)c1)c1ccccc1. The molecule has 0 spiro atoms. The van der Waals surface area contributed by atoms with Crippen molar-refractivity contribution in [2.45, 2.75) is 17.9 Å². The number of primary amides is 1. The molecule has 0 radical (unpaired) electrons. The lowest BCUT2D eigenvalue weighted by Gasteiger charge is -2.15. The first-order chi connectivity index (χ1) is 9.65. The van der Waals surface area contributed by atoms with Gasteiger partial charge in [-0.2, -0.15) is 0 Å². The lowest BCUT2D eigenvalue weighted by Crippen LogP contribution is -2.22. The first-order valence-corrected chi connectivity index (χ1v) is 7.01. The highest BCUT2D eigenvalue weighted by atomic mass is 32.2. The minimum atomic E-state index is -0.570. The number of benzene rings is 2. The Balaban J connectivity index is 2.02. The number of hydrogen-bond donors (Lipinski definition) is 2. The normalized spacial score (nSPS) is 11.7. The van der Waals surface area contributed by atoms with Crippen molar-refractivity contribution in [2.24, 2.45) is 5.73 Å². The van der Waals surface area contributed by atoms with Crippen LogP contribution in [-0.2, 0) is 0 Å². The zero-order valence-corrected chi connectivity index (χ0v) is 11.9. The van der Waals surface area contributed by atoms with Crippen molar-refractivity contribution in [3.05, 3.63) is 60.2 Å². The van der Waals surface area contributed by atoms with Crippen LogP contribution in [0.5, 0.6) is 5.75 Å². The van der Waals surface area contributed by atoms with E-state index in [1.54, 1.807) is 0 Å². The van der Waals surface area contributed by atoms with E-state index < -0.39 is 6.03 Å². The molecular formula is C15H16N2O2S. The maximum atomic E-state index is 10.7. The highest BCUT2D eigenvalue weighted by Gasteiger charge is 2.07. The molecule has 0 aromatic heterocycles. The number of carbonyl (C=O) groups excluding carboxylic acids is 1. The van der Waals surface area contributed by atoms with Crippen molar-refractivity contribution in [3.8, 4) is 5.75 Å². The van der Waals surface area contributed by atoms with Gasteiger partial charge >= 0.3 is 6.03 Å². The van der Waals surface area contributed by atoms with Crippen LogP contribution in [0.15, 0.2) is 59.5 Å². The quantitative estimate of drug-likeness (QED) is 0.828. The number of nitrogens with two attached hydrogens (primary N) is 1.